The molecular formula is C19H21Cl2N3O2. The predicted molar refractivity (Wildman–Crippen MR) is 104 cm³/mol. The number of pyridine rings is 1. The first-order valence-electron chi connectivity index (χ1n) is 8.66. The Bertz CT molecular complexity index is 747. The second-order valence-electron chi connectivity index (χ2n) is 6.21. The summed E-state index contributed by atoms with van der Waals surface area (Å²) < 4.78 is 5.42. The fraction of sp³-hybridized carbons (Fsp3) is 0.368. The highest BCUT2D eigenvalue weighted by molar-refractivity contribution is 6.35. The maximum absolute atomic E-state index is 11.9. The Hall–Kier alpha value is -1.98. The molecule has 0 bridgehead atoms. The summed E-state index contributed by atoms with van der Waals surface area (Å²) in [6.07, 6.45) is 5.54. The first-order valence-corrected chi connectivity index (χ1v) is 9.42. The molecule has 138 valence electrons. The van der Waals surface area contributed by atoms with Crippen LogP contribution in [0, 0.1) is 0 Å². The average molecular weight is 394 g/mol. The minimum absolute atomic E-state index is 0.110. The highest BCUT2D eigenvalue weighted by Gasteiger charge is 2.12. The van der Waals surface area contributed by atoms with Gasteiger partial charge in [0.05, 0.1) is 5.02 Å². The maximum Gasteiger partial charge on any atom is 0.258 e. The summed E-state index contributed by atoms with van der Waals surface area (Å²) in [6, 6.07) is 8.88. The van der Waals surface area contributed by atoms with E-state index in [0.717, 1.165) is 24.5 Å². The van der Waals surface area contributed by atoms with Crippen LogP contribution < -0.4 is 15.0 Å². The van der Waals surface area contributed by atoms with Crippen molar-refractivity contribution in [1.82, 2.24) is 10.3 Å². The van der Waals surface area contributed by atoms with Crippen LogP contribution in [0.1, 0.15) is 24.8 Å². The van der Waals surface area contributed by atoms with Crippen molar-refractivity contribution in [2.24, 2.45) is 0 Å². The van der Waals surface area contributed by atoms with E-state index in [2.05, 4.69) is 15.2 Å². The van der Waals surface area contributed by atoms with E-state index in [0.29, 0.717) is 22.3 Å². The lowest BCUT2D eigenvalue weighted by molar-refractivity contribution is -0.123. The zero-order valence-corrected chi connectivity index (χ0v) is 15.9. The lowest BCUT2D eigenvalue weighted by Crippen LogP contribution is -2.30. The van der Waals surface area contributed by atoms with Crippen LogP contribution in [0.25, 0.3) is 0 Å². The van der Waals surface area contributed by atoms with E-state index in [1.807, 2.05) is 12.1 Å². The van der Waals surface area contributed by atoms with Gasteiger partial charge in [0.25, 0.3) is 5.91 Å². The van der Waals surface area contributed by atoms with Crippen molar-refractivity contribution in [2.45, 2.75) is 25.8 Å². The van der Waals surface area contributed by atoms with Gasteiger partial charge in [0.15, 0.2) is 6.61 Å². The third-order valence-corrected chi connectivity index (χ3v) is 4.76. The molecule has 0 unspecified atom stereocenters. The zero-order valence-electron chi connectivity index (χ0n) is 14.4. The summed E-state index contributed by atoms with van der Waals surface area (Å²) in [4.78, 5) is 18.8. The van der Waals surface area contributed by atoms with Crippen molar-refractivity contribution >= 4 is 34.9 Å². The monoisotopic (exact) mass is 393 g/mol. The molecular weight excluding hydrogens is 373 g/mol. The quantitative estimate of drug-likeness (QED) is 0.803. The molecule has 1 aromatic carbocycles. The van der Waals surface area contributed by atoms with Gasteiger partial charge in [0.2, 0.25) is 0 Å². The number of benzene rings is 1. The molecule has 1 aliphatic heterocycles. The molecule has 0 atom stereocenters. The zero-order chi connectivity index (χ0) is 18.4. The fourth-order valence-corrected chi connectivity index (χ4v) is 3.28. The average Bonchev–Trinajstić information content (AvgIpc) is 2.67. The van der Waals surface area contributed by atoms with E-state index < -0.39 is 0 Å². The van der Waals surface area contributed by atoms with Gasteiger partial charge in [-0.3, -0.25) is 4.79 Å². The van der Waals surface area contributed by atoms with Crippen LogP contribution in [-0.4, -0.2) is 30.6 Å². The molecule has 1 amide bonds. The number of rotatable bonds is 6. The standard InChI is InChI=1S/C19H21Cl2N3O2/c20-15-5-6-17(16(21)10-15)26-13-19(25)23-12-14-4-7-18(22-11-14)24-8-2-1-3-9-24/h4-7,10-11H,1-3,8-9,12-13H2,(H,23,25). The molecule has 2 aromatic rings. The minimum Gasteiger partial charge on any atom is -0.482 e. The van der Waals surface area contributed by atoms with Crippen molar-refractivity contribution in [3.8, 4) is 5.75 Å². The van der Waals surface area contributed by atoms with E-state index in [-0.39, 0.29) is 12.5 Å². The largest absolute Gasteiger partial charge is 0.482 e. The van der Waals surface area contributed by atoms with Gasteiger partial charge in [0, 0.05) is 30.9 Å². The Morgan fingerprint density at radius 1 is 1.15 bits per heavy atom. The molecule has 3 rings (SSSR count). The molecule has 0 radical (unpaired) electrons. The van der Waals surface area contributed by atoms with Gasteiger partial charge in [0.1, 0.15) is 11.6 Å². The lowest BCUT2D eigenvalue weighted by Gasteiger charge is -2.27. The van der Waals surface area contributed by atoms with Crippen molar-refractivity contribution < 1.29 is 9.53 Å². The summed E-state index contributed by atoms with van der Waals surface area (Å²) in [5.74, 6) is 1.20. The third-order valence-electron chi connectivity index (χ3n) is 4.23. The highest BCUT2D eigenvalue weighted by atomic mass is 35.5. The number of hydrogen-bond donors (Lipinski definition) is 1. The van der Waals surface area contributed by atoms with Gasteiger partial charge < -0.3 is 15.0 Å². The summed E-state index contributed by atoms with van der Waals surface area (Å²) in [7, 11) is 0. The first-order chi connectivity index (χ1) is 12.6. The molecule has 0 spiro atoms. The van der Waals surface area contributed by atoms with Gasteiger partial charge in [-0.1, -0.05) is 29.3 Å². The maximum atomic E-state index is 11.9. The molecule has 1 N–H and O–H groups in total. The molecule has 1 saturated heterocycles. The lowest BCUT2D eigenvalue weighted by atomic mass is 10.1. The molecule has 0 aliphatic carbocycles. The van der Waals surface area contributed by atoms with E-state index in [4.69, 9.17) is 27.9 Å². The van der Waals surface area contributed by atoms with E-state index in [1.54, 1.807) is 24.4 Å². The molecule has 0 saturated carbocycles. The highest BCUT2D eigenvalue weighted by Crippen LogP contribution is 2.27. The fourth-order valence-electron chi connectivity index (χ4n) is 2.82. The number of carbonyl (C=O) groups is 1. The number of halogens is 2. The van der Waals surface area contributed by atoms with E-state index >= 15 is 0 Å². The molecule has 1 aromatic heterocycles. The van der Waals surface area contributed by atoms with Crippen LogP contribution in [-0.2, 0) is 11.3 Å². The van der Waals surface area contributed by atoms with E-state index in [1.165, 1.54) is 19.3 Å². The summed E-state index contributed by atoms with van der Waals surface area (Å²) in [5, 5.41) is 3.71. The van der Waals surface area contributed by atoms with Gasteiger partial charge in [-0.25, -0.2) is 4.98 Å². The van der Waals surface area contributed by atoms with Crippen LogP contribution in [0.15, 0.2) is 36.5 Å². The van der Waals surface area contributed by atoms with Crippen LogP contribution in [0.3, 0.4) is 0 Å². The van der Waals surface area contributed by atoms with Crippen molar-refractivity contribution in [2.75, 3.05) is 24.6 Å². The summed E-state index contributed by atoms with van der Waals surface area (Å²) >= 11 is 11.8. The third kappa shape index (κ3) is 5.26. The Morgan fingerprint density at radius 2 is 1.96 bits per heavy atom. The number of nitrogens with one attached hydrogen (secondary N) is 1. The van der Waals surface area contributed by atoms with E-state index in [9.17, 15) is 4.79 Å². The smallest absolute Gasteiger partial charge is 0.258 e. The number of aromatic nitrogens is 1. The predicted octanol–water partition coefficient (Wildman–Crippen LogP) is 4.07. The molecule has 1 aliphatic rings. The number of amides is 1. The van der Waals surface area contributed by atoms with Crippen molar-refractivity contribution in [3.05, 3.63) is 52.1 Å². The SMILES string of the molecule is O=C(COc1ccc(Cl)cc1Cl)NCc1ccc(N2CCCCC2)nc1. The van der Waals surface area contributed by atoms with Gasteiger partial charge in [-0.15, -0.1) is 0 Å². The van der Waals surface area contributed by atoms with Gasteiger partial charge >= 0.3 is 0 Å². The molecule has 5 nitrogen and oxygen atoms in total. The number of nitrogens with zero attached hydrogens (tertiary/aromatic N) is 2. The number of ether oxygens (including phenoxy) is 1. The Kier molecular flexibility index (Phi) is 6.58. The van der Waals surface area contributed by atoms with Crippen molar-refractivity contribution in [3.63, 3.8) is 0 Å². The minimum atomic E-state index is -0.226. The second kappa shape index (κ2) is 9.10. The molecule has 26 heavy (non-hydrogen) atoms. The summed E-state index contributed by atoms with van der Waals surface area (Å²) in [6.45, 7) is 2.42. The second-order valence-corrected chi connectivity index (χ2v) is 7.06. The van der Waals surface area contributed by atoms with Crippen LogP contribution in [0.4, 0.5) is 5.82 Å². The van der Waals surface area contributed by atoms with Crippen LogP contribution in [0.5, 0.6) is 5.75 Å². The Balaban J connectivity index is 1.45. The number of anilines is 1. The molecule has 7 heteroatoms. The summed E-state index contributed by atoms with van der Waals surface area (Å²) in [5.41, 5.74) is 0.948. The topological polar surface area (TPSA) is 54.5 Å². The van der Waals surface area contributed by atoms with Crippen LogP contribution >= 0.6 is 23.2 Å². The van der Waals surface area contributed by atoms with Crippen molar-refractivity contribution in [1.29, 1.82) is 0 Å². The Morgan fingerprint density at radius 3 is 2.65 bits per heavy atom. The van der Waals surface area contributed by atoms with Gasteiger partial charge in [-0.2, -0.15) is 0 Å². The molecule has 2 heterocycles. The number of piperidine rings is 1. The molecule has 1 fully saturated rings. The first kappa shape index (κ1) is 18.8. The van der Waals surface area contributed by atoms with Crippen LogP contribution in [0.2, 0.25) is 10.0 Å². The normalized spacial score (nSPS) is 14.2. The number of hydrogen-bond acceptors (Lipinski definition) is 4. The Labute approximate surface area is 163 Å². The van der Waals surface area contributed by atoms with Gasteiger partial charge in [-0.05, 0) is 49.1 Å². The number of carbonyl (C=O) groups excluding carboxylic acids is 1.